The lowest BCUT2D eigenvalue weighted by Crippen LogP contribution is -2.33. The highest BCUT2D eigenvalue weighted by Crippen LogP contribution is 2.29. The van der Waals surface area contributed by atoms with Crippen molar-refractivity contribution in [3.05, 3.63) is 23.8 Å². The molecule has 1 aliphatic rings. The van der Waals surface area contributed by atoms with E-state index in [1.54, 1.807) is 4.90 Å². The van der Waals surface area contributed by atoms with Crippen molar-refractivity contribution < 1.29 is 22.7 Å². The molecule has 1 aromatic rings. The third kappa shape index (κ3) is 7.18. The van der Waals surface area contributed by atoms with Gasteiger partial charge in [0.1, 0.15) is 0 Å². The van der Waals surface area contributed by atoms with E-state index in [4.69, 9.17) is 9.47 Å². The van der Waals surface area contributed by atoms with Crippen LogP contribution in [0.3, 0.4) is 0 Å². The number of hydrogen-bond donors (Lipinski definition) is 0. The molecule has 6 nitrogen and oxygen atoms in total. The minimum Gasteiger partial charge on any atom is -0.490 e. The zero-order valence-corrected chi connectivity index (χ0v) is 19.5. The topological polar surface area (TPSA) is 72.9 Å². The van der Waals surface area contributed by atoms with Crippen LogP contribution in [0.15, 0.2) is 18.2 Å². The molecule has 7 heteroatoms. The normalized spacial score (nSPS) is 14.6. The van der Waals surface area contributed by atoms with E-state index in [9.17, 15) is 13.2 Å². The van der Waals surface area contributed by atoms with Crippen LogP contribution in [-0.4, -0.2) is 50.0 Å². The summed E-state index contributed by atoms with van der Waals surface area (Å²) in [6.45, 7) is 8.18. The van der Waals surface area contributed by atoms with Crippen molar-refractivity contribution in [1.82, 2.24) is 4.90 Å². The van der Waals surface area contributed by atoms with Gasteiger partial charge in [-0.25, -0.2) is 8.42 Å². The maximum absolute atomic E-state index is 12.8. The van der Waals surface area contributed by atoms with Crippen molar-refractivity contribution in [3.8, 4) is 11.5 Å². The van der Waals surface area contributed by atoms with Gasteiger partial charge in [0.25, 0.3) is 0 Å². The summed E-state index contributed by atoms with van der Waals surface area (Å²) >= 11 is 0. The zero-order chi connectivity index (χ0) is 22.0. The number of ether oxygens (including phenoxy) is 2. The summed E-state index contributed by atoms with van der Waals surface area (Å²) in [7, 11) is -3.19. The van der Waals surface area contributed by atoms with Gasteiger partial charge in [-0.05, 0) is 50.3 Å². The van der Waals surface area contributed by atoms with Gasteiger partial charge in [-0.2, -0.15) is 0 Å². The Morgan fingerprint density at radius 3 is 2.43 bits per heavy atom. The molecule has 0 atom stereocenters. The Balaban J connectivity index is 2.04. The molecule has 2 rings (SSSR count). The van der Waals surface area contributed by atoms with Crippen LogP contribution in [0.25, 0.3) is 0 Å². The zero-order valence-electron chi connectivity index (χ0n) is 18.7. The van der Waals surface area contributed by atoms with Gasteiger partial charge in [0, 0.05) is 19.5 Å². The number of rotatable bonds is 13. The van der Waals surface area contributed by atoms with E-state index in [0.717, 1.165) is 44.1 Å². The van der Waals surface area contributed by atoms with E-state index in [0.29, 0.717) is 37.8 Å². The third-order valence-corrected chi connectivity index (χ3v) is 7.66. The number of carbonyl (C=O) groups excluding carboxylic acids is 1. The first-order chi connectivity index (χ1) is 14.4. The highest BCUT2D eigenvalue weighted by molar-refractivity contribution is 7.92. The minimum absolute atomic E-state index is 0.0504. The Morgan fingerprint density at radius 2 is 1.80 bits per heavy atom. The minimum atomic E-state index is -3.19. The highest BCUT2D eigenvalue weighted by Gasteiger charge is 2.29. The van der Waals surface area contributed by atoms with E-state index in [-0.39, 0.29) is 23.3 Å². The van der Waals surface area contributed by atoms with Gasteiger partial charge >= 0.3 is 0 Å². The molecular weight excluding hydrogens is 402 g/mol. The molecule has 0 aliphatic heterocycles. The number of carbonyl (C=O) groups is 1. The van der Waals surface area contributed by atoms with E-state index < -0.39 is 9.84 Å². The number of amides is 1. The van der Waals surface area contributed by atoms with Gasteiger partial charge in [0.05, 0.1) is 24.2 Å². The van der Waals surface area contributed by atoms with Crippen molar-refractivity contribution in [2.45, 2.75) is 77.5 Å². The van der Waals surface area contributed by atoms with Crippen molar-refractivity contribution in [2.75, 3.05) is 25.5 Å². The molecule has 0 heterocycles. The molecule has 1 aromatic carbocycles. The van der Waals surface area contributed by atoms with Crippen LogP contribution in [0.4, 0.5) is 0 Å². The highest BCUT2D eigenvalue weighted by atomic mass is 32.2. The molecule has 170 valence electrons. The summed E-state index contributed by atoms with van der Waals surface area (Å²) in [5, 5.41) is -0.255. The van der Waals surface area contributed by atoms with Crippen LogP contribution < -0.4 is 9.47 Å². The third-order valence-electron chi connectivity index (χ3n) is 5.40. The van der Waals surface area contributed by atoms with Gasteiger partial charge < -0.3 is 14.4 Å². The molecule has 0 radical (unpaired) electrons. The quantitative estimate of drug-likeness (QED) is 0.457. The number of nitrogens with zero attached hydrogens (tertiary/aromatic N) is 1. The lowest BCUT2D eigenvalue weighted by Gasteiger charge is -2.23. The SMILES string of the molecule is CCCOc1ccc(CN(CCC)C(=O)CCS(=O)(=O)C2CCCC2)cc1OCC. The summed E-state index contributed by atoms with van der Waals surface area (Å²) in [6.07, 6.45) is 5.20. The van der Waals surface area contributed by atoms with Crippen LogP contribution >= 0.6 is 0 Å². The van der Waals surface area contributed by atoms with Gasteiger partial charge in [0.15, 0.2) is 21.3 Å². The first-order valence-electron chi connectivity index (χ1n) is 11.3. The molecule has 0 aromatic heterocycles. The molecular formula is C23H37NO5S. The maximum atomic E-state index is 12.8. The van der Waals surface area contributed by atoms with Crippen LogP contribution in [0.2, 0.25) is 0 Å². The fraction of sp³-hybridized carbons (Fsp3) is 0.696. The summed E-state index contributed by atoms with van der Waals surface area (Å²) < 4.78 is 36.5. The van der Waals surface area contributed by atoms with Crippen LogP contribution in [0.5, 0.6) is 11.5 Å². The van der Waals surface area contributed by atoms with Crippen molar-refractivity contribution in [2.24, 2.45) is 0 Å². The Hall–Kier alpha value is -1.76. The first kappa shape index (κ1) is 24.5. The molecule has 0 bridgehead atoms. The molecule has 1 fully saturated rings. The first-order valence-corrected chi connectivity index (χ1v) is 13.0. The van der Waals surface area contributed by atoms with Crippen LogP contribution in [0.1, 0.15) is 71.3 Å². The lowest BCUT2D eigenvalue weighted by atomic mass is 10.1. The largest absolute Gasteiger partial charge is 0.490 e. The fourth-order valence-corrected chi connectivity index (χ4v) is 5.68. The van der Waals surface area contributed by atoms with E-state index >= 15 is 0 Å². The molecule has 0 spiro atoms. The molecule has 0 N–H and O–H groups in total. The monoisotopic (exact) mass is 439 g/mol. The summed E-state index contributed by atoms with van der Waals surface area (Å²) in [4.78, 5) is 14.6. The Morgan fingerprint density at radius 1 is 1.07 bits per heavy atom. The standard InChI is InChI=1S/C23H37NO5S/c1-4-14-24(23(25)13-16-30(26,27)20-9-7-8-10-20)18-19-11-12-21(29-15-5-2)22(17-19)28-6-3/h11-12,17,20H,4-10,13-16,18H2,1-3H3. The second kappa shape index (κ2) is 12.2. The Labute approximate surface area is 181 Å². The Kier molecular flexibility index (Phi) is 9.95. The van der Waals surface area contributed by atoms with E-state index in [2.05, 4.69) is 6.92 Å². The van der Waals surface area contributed by atoms with Gasteiger partial charge in [0.2, 0.25) is 5.91 Å². The average Bonchev–Trinajstić information content (AvgIpc) is 3.27. The summed E-state index contributed by atoms with van der Waals surface area (Å²) in [6, 6.07) is 5.74. The smallest absolute Gasteiger partial charge is 0.223 e. The predicted molar refractivity (Wildman–Crippen MR) is 120 cm³/mol. The number of sulfone groups is 1. The van der Waals surface area contributed by atoms with Gasteiger partial charge in [-0.3, -0.25) is 4.79 Å². The maximum Gasteiger partial charge on any atom is 0.223 e. The number of hydrogen-bond acceptors (Lipinski definition) is 5. The van der Waals surface area contributed by atoms with E-state index in [1.807, 2.05) is 32.0 Å². The molecule has 1 saturated carbocycles. The predicted octanol–water partition coefficient (Wildman–Crippen LogP) is 4.36. The lowest BCUT2D eigenvalue weighted by molar-refractivity contribution is -0.131. The van der Waals surface area contributed by atoms with Crippen molar-refractivity contribution >= 4 is 15.7 Å². The van der Waals surface area contributed by atoms with Crippen LogP contribution in [-0.2, 0) is 21.2 Å². The van der Waals surface area contributed by atoms with E-state index in [1.165, 1.54) is 0 Å². The second-order valence-corrected chi connectivity index (χ2v) is 10.3. The van der Waals surface area contributed by atoms with Crippen LogP contribution in [0, 0.1) is 0 Å². The fourth-order valence-electron chi connectivity index (χ4n) is 3.83. The molecule has 1 aliphatic carbocycles. The molecule has 30 heavy (non-hydrogen) atoms. The Bertz CT molecular complexity index is 772. The van der Waals surface area contributed by atoms with Crippen molar-refractivity contribution in [1.29, 1.82) is 0 Å². The molecule has 0 unspecified atom stereocenters. The number of benzene rings is 1. The molecule has 0 saturated heterocycles. The second-order valence-electron chi connectivity index (χ2n) is 7.90. The van der Waals surface area contributed by atoms with Crippen molar-refractivity contribution in [3.63, 3.8) is 0 Å². The molecule has 1 amide bonds. The summed E-state index contributed by atoms with van der Waals surface area (Å²) in [5.41, 5.74) is 0.947. The van der Waals surface area contributed by atoms with Gasteiger partial charge in [-0.1, -0.05) is 32.8 Å². The summed E-state index contributed by atoms with van der Waals surface area (Å²) in [5.74, 6) is 1.22. The van der Waals surface area contributed by atoms with Gasteiger partial charge in [-0.15, -0.1) is 0 Å². The average molecular weight is 440 g/mol.